The molecule has 198 valence electrons. The van der Waals surface area contributed by atoms with Crippen LogP contribution in [0.3, 0.4) is 0 Å². The fourth-order valence-corrected chi connectivity index (χ4v) is 4.36. The molecule has 0 aromatic heterocycles. The topological polar surface area (TPSA) is 77.0 Å². The van der Waals surface area contributed by atoms with Crippen LogP contribution < -0.4 is 14.9 Å². The molecule has 0 atom stereocenters. The monoisotopic (exact) mass is 568 g/mol. The van der Waals surface area contributed by atoms with Crippen molar-refractivity contribution in [1.29, 1.82) is 0 Å². The van der Waals surface area contributed by atoms with Crippen LogP contribution in [0.5, 0.6) is 11.5 Å². The minimum atomic E-state index is -0.605. The summed E-state index contributed by atoms with van der Waals surface area (Å²) in [5.74, 6) is -0.387. The van der Waals surface area contributed by atoms with Gasteiger partial charge in [0.1, 0.15) is 18.1 Å². The van der Waals surface area contributed by atoms with E-state index in [-0.39, 0.29) is 22.9 Å². The smallest absolute Gasteiger partial charge is 0.345 e. The number of amides is 1. The lowest BCUT2D eigenvalue weighted by atomic mass is 10.0. The summed E-state index contributed by atoms with van der Waals surface area (Å²) in [5, 5.41) is 6.80. The summed E-state index contributed by atoms with van der Waals surface area (Å²) >= 11 is 12.1. The van der Waals surface area contributed by atoms with E-state index >= 15 is 0 Å². The fraction of sp³-hybridized carbons (Fsp3) is 0.0312. The maximum atomic E-state index is 13.0. The molecule has 0 saturated carbocycles. The number of carbonyl (C=O) groups is 2. The van der Waals surface area contributed by atoms with Crippen LogP contribution in [-0.4, -0.2) is 18.1 Å². The van der Waals surface area contributed by atoms with Gasteiger partial charge in [-0.1, -0.05) is 89.9 Å². The van der Waals surface area contributed by atoms with E-state index in [1.165, 1.54) is 6.21 Å². The summed E-state index contributed by atoms with van der Waals surface area (Å²) in [5.41, 5.74) is 4.54. The number of para-hydroxylation sites is 1. The molecule has 1 N–H and O–H groups in total. The molecular formula is C32H22Cl2N2O4. The quantitative estimate of drug-likeness (QED) is 0.0899. The molecule has 0 fully saturated rings. The second kappa shape index (κ2) is 12.5. The second-order valence-corrected chi connectivity index (χ2v) is 9.52. The molecule has 0 unspecified atom stereocenters. The van der Waals surface area contributed by atoms with Crippen molar-refractivity contribution in [3.63, 3.8) is 0 Å². The Balaban J connectivity index is 1.36. The first-order valence-electron chi connectivity index (χ1n) is 12.3. The summed E-state index contributed by atoms with van der Waals surface area (Å²) in [6.45, 7) is 0.265. The average molecular weight is 569 g/mol. The van der Waals surface area contributed by atoms with Gasteiger partial charge in [-0.15, -0.1) is 0 Å². The van der Waals surface area contributed by atoms with Crippen molar-refractivity contribution in [1.82, 2.24) is 5.43 Å². The third-order valence-electron chi connectivity index (χ3n) is 6.03. The highest BCUT2D eigenvalue weighted by Gasteiger charge is 2.16. The third kappa shape index (κ3) is 6.31. The number of rotatable bonds is 8. The minimum absolute atomic E-state index is 0.240. The maximum Gasteiger partial charge on any atom is 0.345 e. The molecule has 0 bridgehead atoms. The number of halogens is 2. The largest absolute Gasteiger partial charge is 0.488 e. The van der Waals surface area contributed by atoms with Gasteiger partial charge in [0.15, 0.2) is 0 Å². The highest BCUT2D eigenvalue weighted by Crippen LogP contribution is 2.28. The predicted octanol–water partition coefficient (Wildman–Crippen LogP) is 7.71. The van der Waals surface area contributed by atoms with Gasteiger partial charge in [-0.05, 0) is 58.8 Å². The van der Waals surface area contributed by atoms with Crippen molar-refractivity contribution in [2.45, 2.75) is 6.61 Å². The van der Waals surface area contributed by atoms with Crippen LogP contribution in [0.2, 0.25) is 10.0 Å². The molecule has 5 aromatic carbocycles. The number of fused-ring (bicyclic) bond motifs is 1. The number of benzene rings is 5. The number of carbonyl (C=O) groups excluding carboxylic acids is 2. The minimum Gasteiger partial charge on any atom is -0.488 e. The predicted molar refractivity (Wildman–Crippen MR) is 158 cm³/mol. The van der Waals surface area contributed by atoms with E-state index in [0.717, 1.165) is 16.3 Å². The standard InChI is InChI=1S/C32H22Cl2N2O4/c33-23-16-13-21(14-17-23)20-39-29-12-6-4-10-26(29)31(37)36-35-19-27-24-8-2-1-7-22(24)15-18-30(27)40-32(38)25-9-3-5-11-28(25)34/h1-19H,20H2,(H,36,37)/b35-19-. The van der Waals surface area contributed by atoms with Crippen LogP contribution in [0.4, 0.5) is 0 Å². The van der Waals surface area contributed by atoms with E-state index in [9.17, 15) is 9.59 Å². The first-order valence-corrected chi connectivity index (χ1v) is 13.0. The number of nitrogens with one attached hydrogen (secondary N) is 1. The summed E-state index contributed by atoms with van der Waals surface area (Å²) in [4.78, 5) is 25.9. The van der Waals surface area contributed by atoms with Gasteiger partial charge in [-0.25, -0.2) is 10.2 Å². The molecule has 5 aromatic rings. The normalized spacial score (nSPS) is 10.9. The van der Waals surface area contributed by atoms with Crippen LogP contribution >= 0.6 is 23.2 Å². The van der Waals surface area contributed by atoms with Crippen LogP contribution in [0.15, 0.2) is 114 Å². The van der Waals surface area contributed by atoms with Gasteiger partial charge in [0.05, 0.1) is 22.4 Å². The molecule has 1 amide bonds. The summed E-state index contributed by atoms with van der Waals surface area (Å²) in [6, 6.07) is 31.9. The van der Waals surface area contributed by atoms with Crippen molar-refractivity contribution in [3.05, 3.63) is 141 Å². The molecular weight excluding hydrogens is 547 g/mol. The highest BCUT2D eigenvalue weighted by molar-refractivity contribution is 6.33. The van der Waals surface area contributed by atoms with Crippen molar-refractivity contribution < 1.29 is 19.1 Å². The van der Waals surface area contributed by atoms with Crippen molar-refractivity contribution in [3.8, 4) is 11.5 Å². The Kier molecular flexibility index (Phi) is 8.40. The number of nitrogens with zero attached hydrogens (tertiary/aromatic N) is 1. The lowest BCUT2D eigenvalue weighted by Gasteiger charge is -2.12. The summed E-state index contributed by atoms with van der Waals surface area (Å²) < 4.78 is 11.6. The zero-order chi connectivity index (χ0) is 27.9. The molecule has 6 nitrogen and oxygen atoms in total. The SMILES string of the molecule is O=C(Oc1ccc2ccccc2c1/C=N\NC(=O)c1ccccc1OCc1ccc(Cl)cc1)c1ccccc1Cl. The molecule has 0 aliphatic heterocycles. The van der Waals surface area contributed by atoms with Crippen molar-refractivity contribution >= 4 is 52.1 Å². The summed E-state index contributed by atoms with van der Waals surface area (Å²) in [6.07, 6.45) is 1.45. The lowest BCUT2D eigenvalue weighted by Crippen LogP contribution is -2.19. The van der Waals surface area contributed by atoms with Crippen LogP contribution in [0, 0.1) is 0 Å². The van der Waals surface area contributed by atoms with Gasteiger partial charge in [-0.3, -0.25) is 4.79 Å². The first-order chi connectivity index (χ1) is 19.5. The van der Waals surface area contributed by atoms with Gasteiger partial charge in [0.25, 0.3) is 5.91 Å². The molecule has 0 aliphatic rings. The molecule has 0 aliphatic carbocycles. The second-order valence-electron chi connectivity index (χ2n) is 8.68. The van der Waals surface area contributed by atoms with Crippen LogP contribution in [0.1, 0.15) is 31.8 Å². The number of hydrogen-bond donors (Lipinski definition) is 1. The summed E-state index contributed by atoms with van der Waals surface area (Å²) in [7, 11) is 0. The van der Waals surface area contributed by atoms with Crippen molar-refractivity contribution in [2.75, 3.05) is 0 Å². The van der Waals surface area contributed by atoms with E-state index < -0.39 is 11.9 Å². The first kappa shape index (κ1) is 26.9. The molecule has 5 rings (SSSR count). The van der Waals surface area contributed by atoms with Gasteiger partial charge in [-0.2, -0.15) is 5.10 Å². The highest BCUT2D eigenvalue weighted by atomic mass is 35.5. The van der Waals surface area contributed by atoms with E-state index in [1.54, 1.807) is 66.7 Å². The molecule has 8 heteroatoms. The molecule has 0 spiro atoms. The number of hydrazone groups is 1. The number of hydrogen-bond acceptors (Lipinski definition) is 5. The third-order valence-corrected chi connectivity index (χ3v) is 6.61. The van der Waals surface area contributed by atoms with E-state index in [1.807, 2.05) is 42.5 Å². The Labute approximate surface area is 240 Å². The average Bonchev–Trinajstić information content (AvgIpc) is 2.98. The zero-order valence-electron chi connectivity index (χ0n) is 21.0. The Morgan fingerprint density at radius 3 is 2.25 bits per heavy atom. The fourth-order valence-electron chi connectivity index (χ4n) is 4.02. The Bertz CT molecular complexity index is 1720. The van der Waals surface area contributed by atoms with Crippen LogP contribution in [-0.2, 0) is 6.61 Å². The van der Waals surface area contributed by atoms with Gasteiger partial charge < -0.3 is 9.47 Å². The zero-order valence-corrected chi connectivity index (χ0v) is 22.5. The van der Waals surface area contributed by atoms with Gasteiger partial charge in [0, 0.05) is 10.6 Å². The Morgan fingerprint density at radius 1 is 0.750 bits per heavy atom. The Hall–Kier alpha value is -4.65. The molecule has 0 saturated heterocycles. The van der Waals surface area contributed by atoms with Gasteiger partial charge in [0.2, 0.25) is 0 Å². The van der Waals surface area contributed by atoms with Gasteiger partial charge >= 0.3 is 5.97 Å². The molecule has 0 radical (unpaired) electrons. The van der Waals surface area contributed by atoms with E-state index in [4.69, 9.17) is 32.7 Å². The van der Waals surface area contributed by atoms with Crippen molar-refractivity contribution in [2.24, 2.45) is 5.10 Å². The van der Waals surface area contributed by atoms with E-state index in [2.05, 4.69) is 10.5 Å². The van der Waals surface area contributed by atoms with E-state index in [0.29, 0.717) is 21.9 Å². The molecule has 0 heterocycles. The Morgan fingerprint density at radius 2 is 1.45 bits per heavy atom. The molecule has 40 heavy (non-hydrogen) atoms. The maximum absolute atomic E-state index is 13.0. The number of esters is 1. The number of ether oxygens (including phenoxy) is 2. The lowest BCUT2D eigenvalue weighted by molar-refractivity contribution is 0.0734. The van der Waals surface area contributed by atoms with Crippen LogP contribution in [0.25, 0.3) is 10.8 Å².